The Morgan fingerprint density at radius 2 is 0.627 bits per heavy atom. The number of sulfone groups is 1. The van der Waals surface area contributed by atoms with Gasteiger partial charge < -0.3 is 33.5 Å². The highest BCUT2D eigenvalue weighted by atomic mass is 35.5. The molecule has 0 spiro atoms. The topological polar surface area (TPSA) is 300 Å². The minimum Gasteiger partial charge on any atom is -0.489 e. The molecule has 27 nitrogen and oxygen atoms in total. The molecule has 0 aromatic heterocycles. The maximum Gasteiger partial charge on any atom is 0.805 e. The van der Waals surface area contributed by atoms with Gasteiger partial charge in [-0.3, -0.25) is 0 Å². The molecule has 13 rings (SSSR count). The summed E-state index contributed by atoms with van der Waals surface area (Å²) in [6, 6.07) is 53.3. The number of hydrogen-bond donors (Lipinski definition) is 0. The highest BCUT2D eigenvalue weighted by Crippen LogP contribution is 2.47. The second-order valence-electron chi connectivity index (χ2n) is 21.3. The molecular formula is C66H58Cl2N2O25P6S+6. The lowest BCUT2D eigenvalue weighted by molar-refractivity contribution is 0.173. The molecule has 6 atom stereocenters. The lowest BCUT2D eigenvalue weighted by Gasteiger charge is -2.28. The Labute approximate surface area is 599 Å². The first-order valence-corrected chi connectivity index (χ1v) is 39.6. The number of fused-ring (bicyclic) bond motifs is 2. The third kappa shape index (κ3) is 22.2. The third-order valence-electron chi connectivity index (χ3n) is 14.3. The van der Waals surface area contributed by atoms with E-state index in [-0.39, 0.29) is 65.3 Å². The van der Waals surface area contributed by atoms with Gasteiger partial charge in [-0.05, 0) is 177 Å². The van der Waals surface area contributed by atoms with Gasteiger partial charge in [-0.2, -0.15) is 0 Å². The largest absolute Gasteiger partial charge is 0.805 e. The molecule has 0 N–H and O–H groups in total. The molecular weight excluding hydrogens is 1510 g/mol. The quantitative estimate of drug-likeness (QED) is 0.0432. The van der Waals surface area contributed by atoms with E-state index in [0.717, 1.165) is 24.5 Å². The number of para-hydroxylation sites is 1. The fraction of sp³-hybridized carbons (Fsp3) is 0.182. The number of piperidine rings is 1. The van der Waals surface area contributed by atoms with Crippen molar-refractivity contribution in [3.05, 3.63) is 210 Å². The highest BCUT2D eigenvalue weighted by Gasteiger charge is 2.35. The van der Waals surface area contributed by atoms with Crippen LogP contribution < -0.4 is 87.8 Å². The molecule has 36 heteroatoms. The Bertz CT molecular complexity index is 4430. The van der Waals surface area contributed by atoms with Crippen LogP contribution in [-0.4, -0.2) is 66.8 Å². The number of rotatable bonds is 27. The molecule has 0 bridgehead atoms. The SMILES string of the molecule is COc1c(O[P+](=O)Oc2ccc(Cl)cc2)cccc1O[P+](=O)Oc1ccc(Cl)cc1.O=[P+](Oc1ccc(N2CCCCC2)cc1)Oc1cccc(O[P+](=O)Oc2ccc(N3CCS(=O)(=O)CC3)cc2)c1.O=[P+](Oc1cccc(O[P+](=O)Oc2ccc3c(c2)OCO3)c1)Oc1ccc2c(c1)OCO2. The van der Waals surface area contributed by atoms with Crippen LogP contribution in [0.25, 0.3) is 0 Å². The fourth-order valence-corrected chi connectivity index (χ4v) is 14.7. The van der Waals surface area contributed by atoms with Gasteiger partial charge in [0.05, 0.1) is 18.6 Å². The molecule has 4 aliphatic rings. The summed E-state index contributed by atoms with van der Waals surface area (Å²) in [7, 11) is -16.9. The average molecular weight is 1570 g/mol. The minimum atomic E-state index is -2.96. The van der Waals surface area contributed by atoms with Gasteiger partial charge in [0.2, 0.25) is 30.8 Å². The molecule has 0 amide bonds. The van der Waals surface area contributed by atoms with Crippen molar-refractivity contribution in [1.29, 1.82) is 0 Å². The summed E-state index contributed by atoms with van der Waals surface area (Å²) in [5, 5.41) is 1.03. The van der Waals surface area contributed by atoms with E-state index in [1.54, 1.807) is 164 Å². The molecule has 2 fully saturated rings. The van der Waals surface area contributed by atoms with E-state index in [4.69, 9.17) is 101 Å². The zero-order chi connectivity index (χ0) is 71.4. The number of anilines is 2. The van der Waals surface area contributed by atoms with E-state index in [9.17, 15) is 35.8 Å². The van der Waals surface area contributed by atoms with E-state index < -0.39 is 59.4 Å². The molecule has 526 valence electrons. The van der Waals surface area contributed by atoms with Crippen LogP contribution in [0, 0.1) is 0 Å². The summed E-state index contributed by atoms with van der Waals surface area (Å²) in [6.07, 6.45) is 3.63. The van der Waals surface area contributed by atoms with Crippen LogP contribution >= 0.6 is 72.7 Å². The van der Waals surface area contributed by atoms with Crippen molar-refractivity contribution in [3.8, 4) is 97.7 Å². The Balaban J connectivity index is 0.000000156. The summed E-state index contributed by atoms with van der Waals surface area (Å²) in [4.78, 5) is 4.30. The molecule has 2 saturated heterocycles. The van der Waals surface area contributed by atoms with Crippen LogP contribution in [0.2, 0.25) is 10.0 Å². The van der Waals surface area contributed by atoms with Crippen LogP contribution in [0.3, 0.4) is 0 Å². The average Bonchev–Trinajstić information content (AvgIpc) is 1.17. The molecule has 9 aromatic rings. The van der Waals surface area contributed by atoms with Gasteiger partial charge in [0.15, 0.2) is 90.3 Å². The van der Waals surface area contributed by atoms with Crippen molar-refractivity contribution < 1.29 is 114 Å². The van der Waals surface area contributed by atoms with Crippen molar-refractivity contribution in [2.24, 2.45) is 0 Å². The van der Waals surface area contributed by atoms with Gasteiger partial charge in [0.1, 0.15) is 0 Å². The van der Waals surface area contributed by atoms with Gasteiger partial charge >= 0.3 is 49.5 Å². The van der Waals surface area contributed by atoms with E-state index >= 15 is 0 Å². The standard InChI is InChI=1S/C27H30N2O8P2S.C20H14O10P2.C19H14Cl2O7P2/c30-38(34-24-11-7-22(8-12-24)28-15-2-1-3-16-28)36-26-5-4-6-27(21-26)37-39(31)35-25-13-9-23(10-14-25)29-17-19-40(32,33)20-18-29;21-31(29-15-4-6-17-19(9-15)25-11-23-17)27-13-2-1-3-14(8-13)28-32(22)30-16-5-7-18-20(10-16)26-12-24-18;1-24-19-17(27-29(22)25-15-9-5-13(20)6-10-15)3-2-4-18(19)28-30(23)26-16-11-7-14(21)8-12-16/h4-14,21H,1-3,15-20H2;1-10H,11-12H2;2-12H,1H3/q3*+2. The highest BCUT2D eigenvalue weighted by molar-refractivity contribution is 7.91. The van der Waals surface area contributed by atoms with E-state index in [2.05, 4.69) is 4.90 Å². The predicted molar refractivity (Wildman–Crippen MR) is 377 cm³/mol. The smallest absolute Gasteiger partial charge is 0.489 e. The van der Waals surface area contributed by atoms with Crippen molar-refractivity contribution in [3.63, 3.8) is 0 Å². The summed E-state index contributed by atoms with van der Waals surface area (Å²) < 4.78 is 187. The maximum absolute atomic E-state index is 12.5. The zero-order valence-electron chi connectivity index (χ0n) is 53.3. The van der Waals surface area contributed by atoms with E-state index in [1.165, 1.54) is 50.6 Å². The Kier molecular flexibility index (Phi) is 25.8. The first-order valence-electron chi connectivity index (χ1n) is 30.5. The van der Waals surface area contributed by atoms with Crippen molar-refractivity contribution in [1.82, 2.24) is 0 Å². The molecule has 102 heavy (non-hydrogen) atoms. The molecule has 4 heterocycles. The Morgan fingerprint density at radius 3 is 0.990 bits per heavy atom. The molecule has 0 aliphatic carbocycles. The van der Waals surface area contributed by atoms with Gasteiger partial charge in [0, 0.05) is 99.3 Å². The first-order chi connectivity index (χ1) is 49.4. The van der Waals surface area contributed by atoms with Gasteiger partial charge in [-0.25, -0.2) is 62.7 Å². The van der Waals surface area contributed by atoms with Crippen molar-refractivity contribution in [2.75, 3.05) is 68.2 Å². The van der Waals surface area contributed by atoms with Gasteiger partial charge in [-0.15, -0.1) is 0 Å². The summed E-state index contributed by atoms with van der Waals surface area (Å²) in [5.41, 5.74) is 1.97. The lowest BCUT2D eigenvalue weighted by Crippen LogP contribution is -2.40. The zero-order valence-corrected chi connectivity index (χ0v) is 61.0. The second kappa shape index (κ2) is 35.8. The number of methoxy groups -OCH3 is 1. The Morgan fingerprint density at radius 1 is 0.333 bits per heavy atom. The normalized spacial score (nSPS) is 14.5. The number of hydrogen-bond acceptors (Lipinski definition) is 27. The van der Waals surface area contributed by atoms with Crippen LogP contribution in [-0.2, 0) is 37.2 Å². The molecule has 0 radical (unpaired) electrons. The number of nitrogens with zero attached hydrogens (tertiary/aromatic N) is 2. The summed E-state index contributed by atoms with van der Waals surface area (Å²) in [5.74, 6) is 5.40. The monoisotopic (exact) mass is 1570 g/mol. The molecule has 0 saturated carbocycles. The minimum absolute atomic E-state index is 0.0694. The number of halogens is 2. The summed E-state index contributed by atoms with van der Waals surface area (Å²) in [6.45, 7) is 3.17. The molecule has 4 aliphatic heterocycles. The number of ether oxygens (including phenoxy) is 5. The third-order valence-corrected chi connectivity index (χ3v) is 20.7. The Hall–Kier alpha value is -9.69. The van der Waals surface area contributed by atoms with E-state index in [0.29, 0.717) is 80.6 Å². The van der Waals surface area contributed by atoms with Gasteiger partial charge in [0.25, 0.3) is 0 Å². The van der Waals surface area contributed by atoms with E-state index in [1.807, 2.05) is 17.0 Å². The first kappa shape index (κ1) is 73.5. The predicted octanol–water partition coefficient (Wildman–Crippen LogP) is 18.7. The number of benzene rings is 9. The molecule has 6 unspecified atom stereocenters. The second-order valence-corrected chi connectivity index (χ2v) is 29.3. The van der Waals surface area contributed by atoms with Crippen LogP contribution in [0.1, 0.15) is 19.3 Å². The lowest BCUT2D eigenvalue weighted by atomic mass is 10.1. The molecule has 9 aromatic carbocycles. The van der Waals surface area contributed by atoms with Gasteiger partial charge in [-0.1, -0.05) is 41.4 Å². The van der Waals surface area contributed by atoms with Crippen LogP contribution in [0.15, 0.2) is 200 Å². The van der Waals surface area contributed by atoms with Crippen LogP contribution in [0.4, 0.5) is 11.4 Å². The maximum atomic E-state index is 12.5. The van der Waals surface area contributed by atoms with Crippen molar-refractivity contribution >= 4 is 93.9 Å². The van der Waals surface area contributed by atoms with Crippen molar-refractivity contribution in [2.45, 2.75) is 19.3 Å². The summed E-state index contributed by atoms with van der Waals surface area (Å²) >= 11 is 11.6. The van der Waals surface area contributed by atoms with Crippen LogP contribution in [0.5, 0.6) is 97.7 Å². The fourth-order valence-electron chi connectivity index (χ4n) is 9.57.